The summed E-state index contributed by atoms with van der Waals surface area (Å²) in [4.78, 5) is 9.83. The minimum absolute atomic E-state index is 0.779. The molecule has 48 valence electrons. The van der Waals surface area contributed by atoms with Crippen molar-refractivity contribution >= 4 is 24.5 Å². The lowest BCUT2D eigenvalue weighted by molar-refractivity contribution is -0.117. The maximum absolute atomic E-state index is 11.6. The molecule has 2 nitrogen and oxygen atoms in total. The molecule has 0 aliphatic rings. The van der Waals surface area contributed by atoms with Crippen LogP contribution in [0.5, 0.6) is 0 Å². The molecule has 0 aliphatic carbocycles. The van der Waals surface area contributed by atoms with Gasteiger partial charge >= 0.3 is 6.81 Å². The summed E-state index contributed by atoms with van der Waals surface area (Å²) in [6, 6.07) is 0. The molecule has 8 heavy (non-hydrogen) atoms. The fourth-order valence-electron chi connectivity index (χ4n) is 0.183. The van der Waals surface area contributed by atoms with Gasteiger partial charge in [0.1, 0.15) is 0 Å². The van der Waals surface area contributed by atoms with Gasteiger partial charge in [-0.25, -0.2) is 0 Å². The average molecular weight is 159 g/mol. The van der Waals surface area contributed by atoms with E-state index >= 15 is 0 Å². The van der Waals surface area contributed by atoms with E-state index in [-0.39, 0.29) is 0 Å². The van der Waals surface area contributed by atoms with E-state index in [1.54, 1.807) is 0 Å². The van der Waals surface area contributed by atoms with Crippen molar-refractivity contribution in [2.24, 2.45) is 0 Å². The molecule has 0 unspecified atom stereocenters. The normalized spacial score (nSPS) is 10.9. The van der Waals surface area contributed by atoms with Gasteiger partial charge < -0.3 is 0 Å². The lowest BCUT2D eigenvalue weighted by Crippen LogP contribution is -2.11. The number of hydrogen-bond donors (Lipinski definition) is 1. The van der Waals surface area contributed by atoms with Gasteiger partial charge in [-0.3, -0.25) is 9.88 Å². The van der Waals surface area contributed by atoms with E-state index in [9.17, 15) is 13.2 Å². The molecule has 0 saturated heterocycles. The van der Waals surface area contributed by atoms with Gasteiger partial charge in [0.2, 0.25) is 5.91 Å². The minimum Gasteiger partial charge on any atom is -0.279 e. The number of carbonyl (C=O) groups excluding carboxylic acids is 1. The van der Waals surface area contributed by atoms with E-state index in [0.29, 0.717) is 0 Å². The largest absolute Gasteiger partial charge is 0.366 e. The molecule has 0 atom stereocenters. The molecule has 0 saturated carbocycles. The first-order valence-electron chi connectivity index (χ1n) is 1.70. The fraction of sp³-hybridized carbons (Fsp3) is 0.500. The maximum Gasteiger partial charge on any atom is 0.366 e. The summed E-state index contributed by atoms with van der Waals surface area (Å²) < 4.78 is 23.1. The Bertz CT molecular complexity index is 143. The molecule has 1 amide bonds. The lowest BCUT2D eigenvalue weighted by atomic mass is 10.8. The molecule has 0 bridgehead atoms. The van der Waals surface area contributed by atoms with E-state index in [4.69, 9.17) is 0 Å². The second-order valence-corrected chi connectivity index (χ2v) is 3.65. The van der Waals surface area contributed by atoms with Crippen molar-refractivity contribution in [2.75, 3.05) is 0 Å². The molecular formula is C2H4F2NOPS. The third-order valence-corrected chi connectivity index (χ3v) is 1.14. The first kappa shape index (κ1) is 7.98. The van der Waals surface area contributed by atoms with Crippen LogP contribution in [0.1, 0.15) is 6.92 Å². The predicted molar refractivity (Wildman–Crippen MR) is 30.3 cm³/mol. The molecule has 0 aromatic heterocycles. The van der Waals surface area contributed by atoms with Crippen LogP contribution >= 0.6 is 6.81 Å². The molecule has 6 heteroatoms. The van der Waals surface area contributed by atoms with Crippen molar-refractivity contribution < 1.29 is 13.2 Å². The van der Waals surface area contributed by atoms with Gasteiger partial charge in [0.15, 0.2) is 0 Å². The van der Waals surface area contributed by atoms with E-state index < -0.39 is 12.7 Å². The predicted octanol–water partition coefficient (Wildman–Crippen LogP) is 1.29. The van der Waals surface area contributed by atoms with Crippen molar-refractivity contribution in [1.29, 1.82) is 0 Å². The van der Waals surface area contributed by atoms with Gasteiger partial charge in [0.25, 0.3) is 0 Å². The first-order valence-corrected chi connectivity index (χ1v) is 4.28. The van der Waals surface area contributed by atoms with Crippen LogP contribution in [-0.2, 0) is 16.6 Å². The molecule has 0 rings (SSSR count). The van der Waals surface area contributed by atoms with Gasteiger partial charge in [-0.1, -0.05) is 0 Å². The Balaban J connectivity index is 3.74. The Morgan fingerprint density at radius 2 is 2.12 bits per heavy atom. The molecule has 0 radical (unpaired) electrons. The molecule has 0 spiro atoms. The highest BCUT2D eigenvalue weighted by Gasteiger charge is 2.12. The zero-order valence-corrected chi connectivity index (χ0v) is 5.73. The van der Waals surface area contributed by atoms with Crippen LogP contribution in [0.2, 0.25) is 0 Å². The number of carbonyl (C=O) groups is 1. The Labute approximate surface area is 50.6 Å². The lowest BCUT2D eigenvalue weighted by Gasteiger charge is -1.98. The Kier molecular flexibility index (Phi) is 2.50. The van der Waals surface area contributed by atoms with Crippen LogP contribution in [0.4, 0.5) is 8.39 Å². The molecule has 0 fully saturated rings. The highest BCUT2D eigenvalue weighted by Crippen LogP contribution is 2.44. The second kappa shape index (κ2) is 2.51. The number of rotatable bonds is 1. The SMILES string of the molecule is CC(=O)NP(F)(F)=S. The van der Waals surface area contributed by atoms with Gasteiger partial charge in [-0.05, 0) is 11.8 Å². The quantitative estimate of drug-likeness (QED) is 0.584. The topological polar surface area (TPSA) is 29.1 Å². The van der Waals surface area contributed by atoms with E-state index in [2.05, 4.69) is 11.8 Å². The summed E-state index contributed by atoms with van der Waals surface area (Å²) in [6.45, 7) is -3.49. The monoisotopic (exact) mass is 159 g/mol. The fourth-order valence-corrected chi connectivity index (χ4v) is 0.936. The smallest absolute Gasteiger partial charge is 0.279 e. The van der Waals surface area contributed by atoms with Crippen molar-refractivity contribution in [3.05, 3.63) is 0 Å². The summed E-state index contributed by atoms with van der Waals surface area (Å²) in [5.74, 6) is -0.779. The van der Waals surface area contributed by atoms with Gasteiger partial charge in [0, 0.05) is 6.92 Å². The average Bonchev–Trinajstić information content (AvgIpc) is 1.21. The van der Waals surface area contributed by atoms with Gasteiger partial charge in [-0.15, -0.1) is 0 Å². The van der Waals surface area contributed by atoms with E-state index in [1.165, 1.54) is 5.09 Å². The zero-order valence-electron chi connectivity index (χ0n) is 4.02. The van der Waals surface area contributed by atoms with Crippen LogP contribution in [-0.4, -0.2) is 5.91 Å². The molecule has 0 aromatic rings. The number of amides is 1. The Morgan fingerprint density at radius 3 is 2.12 bits per heavy atom. The Hall–Kier alpha value is -0.0200. The molecule has 0 aromatic carbocycles. The van der Waals surface area contributed by atoms with Crippen molar-refractivity contribution in [2.45, 2.75) is 6.92 Å². The molecule has 0 aliphatic heterocycles. The van der Waals surface area contributed by atoms with Gasteiger partial charge in [0.05, 0.1) is 0 Å². The zero-order chi connectivity index (χ0) is 6.78. The third-order valence-electron chi connectivity index (χ3n) is 0.288. The number of nitrogens with one attached hydrogen (secondary N) is 1. The third kappa shape index (κ3) is 5.98. The van der Waals surface area contributed by atoms with Crippen LogP contribution < -0.4 is 5.09 Å². The first-order chi connectivity index (χ1) is 3.42. The second-order valence-electron chi connectivity index (χ2n) is 1.13. The molecule has 1 N–H and O–H groups in total. The van der Waals surface area contributed by atoms with Crippen molar-refractivity contribution in [1.82, 2.24) is 5.09 Å². The van der Waals surface area contributed by atoms with Crippen molar-refractivity contribution in [3.8, 4) is 0 Å². The summed E-state index contributed by atoms with van der Waals surface area (Å²) in [6.07, 6.45) is 0. The summed E-state index contributed by atoms with van der Waals surface area (Å²) in [5, 5.41) is 1.34. The van der Waals surface area contributed by atoms with Crippen LogP contribution in [0.25, 0.3) is 0 Å². The maximum atomic E-state index is 11.6. The standard InChI is InChI=1S/C2H4F2NOPS/c1-2(6)5-7(3,4)8/h1H3,(H,5,6,8). The highest BCUT2D eigenvalue weighted by molar-refractivity contribution is 8.08. The summed E-state index contributed by atoms with van der Waals surface area (Å²) in [7, 11) is 0. The number of halogens is 2. The number of hydrogen-bond acceptors (Lipinski definition) is 2. The van der Waals surface area contributed by atoms with E-state index in [1.807, 2.05) is 0 Å². The van der Waals surface area contributed by atoms with E-state index in [0.717, 1.165) is 6.92 Å². The van der Waals surface area contributed by atoms with Crippen LogP contribution in [0.3, 0.4) is 0 Å². The van der Waals surface area contributed by atoms with Crippen LogP contribution in [0, 0.1) is 0 Å². The highest BCUT2D eigenvalue weighted by atomic mass is 32.5. The summed E-state index contributed by atoms with van der Waals surface area (Å²) in [5.41, 5.74) is 0. The molecular weight excluding hydrogens is 155 g/mol. The minimum atomic E-state index is -4.49. The summed E-state index contributed by atoms with van der Waals surface area (Å²) >= 11 is 3.61. The van der Waals surface area contributed by atoms with Crippen molar-refractivity contribution in [3.63, 3.8) is 0 Å². The van der Waals surface area contributed by atoms with Crippen LogP contribution in [0.15, 0.2) is 0 Å². The Morgan fingerprint density at radius 1 is 1.75 bits per heavy atom. The molecule has 0 heterocycles. The van der Waals surface area contributed by atoms with Gasteiger partial charge in [-0.2, -0.15) is 8.39 Å².